The fraction of sp³-hybridized carbons (Fsp3) is 0.250. The summed E-state index contributed by atoms with van der Waals surface area (Å²) in [4.78, 5) is 31.0. The van der Waals surface area contributed by atoms with Crippen LogP contribution >= 0.6 is 0 Å². The quantitative estimate of drug-likeness (QED) is 0.680. The van der Waals surface area contributed by atoms with Crippen molar-refractivity contribution in [3.05, 3.63) is 60.4 Å². The normalized spacial score (nSPS) is 17.0. The number of anilines is 1. The van der Waals surface area contributed by atoms with Crippen molar-refractivity contribution in [2.24, 2.45) is 0 Å². The first-order valence-corrected chi connectivity index (χ1v) is 8.55. The van der Waals surface area contributed by atoms with Crippen LogP contribution in [-0.4, -0.2) is 35.1 Å². The fourth-order valence-electron chi connectivity index (χ4n) is 3.50. The van der Waals surface area contributed by atoms with Crippen LogP contribution in [0.1, 0.15) is 18.2 Å². The minimum absolute atomic E-state index is 0.0675. The van der Waals surface area contributed by atoms with Crippen LogP contribution in [0, 0.1) is 0 Å². The lowest BCUT2D eigenvalue weighted by molar-refractivity contribution is -0.141. The van der Waals surface area contributed by atoms with Gasteiger partial charge in [-0.25, -0.2) is 4.98 Å². The summed E-state index contributed by atoms with van der Waals surface area (Å²) in [5.74, 6) is 0.416. The monoisotopic (exact) mass is 349 g/mol. The number of ether oxygens (including phenoxy) is 1. The van der Waals surface area contributed by atoms with Crippen molar-refractivity contribution in [1.82, 2.24) is 9.55 Å². The summed E-state index contributed by atoms with van der Waals surface area (Å²) in [6.45, 7) is 0.635. The smallest absolute Gasteiger partial charge is 0.325 e. The third-order valence-corrected chi connectivity index (χ3v) is 4.76. The highest BCUT2D eigenvalue weighted by atomic mass is 16.5. The van der Waals surface area contributed by atoms with E-state index in [0.29, 0.717) is 13.0 Å². The largest absolute Gasteiger partial charge is 0.468 e. The molecule has 1 saturated heterocycles. The molecule has 1 aliphatic heterocycles. The number of hydrogen-bond acceptors (Lipinski definition) is 4. The number of benzene rings is 2. The molecule has 1 amide bonds. The van der Waals surface area contributed by atoms with Crippen LogP contribution in [0.5, 0.6) is 0 Å². The molecular weight excluding hydrogens is 330 g/mol. The third kappa shape index (κ3) is 2.83. The summed E-state index contributed by atoms with van der Waals surface area (Å²) >= 11 is 0. The molecule has 0 radical (unpaired) electrons. The number of methoxy groups -OCH3 is 1. The molecule has 2 heterocycles. The number of aromatic nitrogens is 2. The molecule has 1 aliphatic rings. The molecule has 1 fully saturated rings. The predicted molar refractivity (Wildman–Crippen MR) is 97.9 cm³/mol. The van der Waals surface area contributed by atoms with Crippen molar-refractivity contribution in [2.75, 3.05) is 18.6 Å². The van der Waals surface area contributed by atoms with Gasteiger partial charge in [0, 0.05) is 24.6 Å². The molecule has 0 bridgehead atoms. The van der Waals surface area contributed by atoms with E-state index in [2.05, 4.69) is 0 Å². The number of rotatable bonds is 4. The number of amides is 1. The Bertz CT molecular complexity index is 965. The number of imidazole rings is 1. The van der Waals surface area contributed by atoms with Crippen LogP contribution < -0.4 is 4.90 Å². The molecule has 1 aromatic heterocycles. The van der Waals surface area contributed by atoms with E-state index < -0.39 is 0 Å². The first-order chi connectivity index (χ1) is 12.7. The van der Waals surface area contributed by atoms with E-state index in [1.54, 1.807) is 4.90 Å². The summed E-state index contributed by atoms with van der Waals surface area (Å²) in [6, 6.07) is 17.3. The fourth-order valence-corrected chi connectivity index (χ4v) is 3.50. The molecule has 6 nitrogen and oxygen atoms in total. The van der Waals surface area contributed by atoms with Crippen LogP contribution in [0.2, 0.25) is 0 Å². The molecule has 6 heteroatoms. The summed E-state index contributed by atoms with van der Waals surface area (Å²) in [6.07, 6.45) is 0.374. The molecule has 0 aliphatic carbocycles. The van der Waals surface area contributed by atoms with Gasteiger partial charge in [-0.2, -0.15) is 0 Å². The van der Waals surface area contributed by atoms with E-state index in [4.69, 9.17) is 9.72 Å². The van der Waals surface area contributed by atoms with E-state index in [0.717, 1.165) is 22.5 Å². The van der Waals surface area contributed by atoms with Gasteiger partial charge in [-0.3, -0.25) is 9.59 Å². The number of para-hydroxylation sites is 3. The highest BCUT2D eigenvalue weighted by Crippen LogP contribution is 2.33. The number of fused-ring (bicyclic) bond motifs is 1. The number of carbonyl (C=O) groups excluding carboxylic acids is 2. The number of carbonyl (C=O) groups is 2. The van der Waals surface area contributed by atoms with Gasteiger partial charge < -0.3 is 14.2 Å². The Labute approximate surface area is 151 Å². The van der Waals surface area contributed by atoms with Gasteiger partial charge in [-0.15, -0.1) is 0 Å². The highest BCUT2D eigenvalue weighted by Gasteiger charge is 2.35. The highest BCUT2D eigenvalue weighted by molar-refractivity contribution is 5.96. The molecule has 1 unspecified atom stereocenters. The first-order valence-electron chi connectivity index (χ1n) is 8.55. The zero-order chi connectivity index (χ0) is 18.1. The maximum Gasteiger partial charge on any atom is 0.325 e. The van der Waals surface area contributed by atoms with Gasteiger partial charge in [0.1, 0.15) is 12.4 Å². The Morgan fingerprint density at radius 3 is 2.65 bits per heavy atom. The van der Waals surface area contributed by atoms with Crippen LogP contribution in [0.3, 0.4) is 0 Å². The van der Waals surface area contributed by atoms with Gasteiger partial charge in [0.25, 0.3) is 0 Å². The van der Waals surface area contributed by atoms with Gasteiger partial charge in [-0.05, 0) is 24.3 Å². The summed E-state index contributed by atoms with van der Waals surface area (Å²) in [7, 11) is 1.37. The number of esters is 1. The van der Waals surface area contributed by atoms with Crippen LogP contribution in [0.4, 0.5) is 5.69 Å². The van der Waals surface area contributed by atoms with Gasteiger partial charge in [0.05, 0.1) is 18.1 Å². The molecule has 1 atom stereocenters. The second-order valence-corrected chi connectivity index (χ2v) is 6.36. The number of nitrogens with zero attached hydrogens (tertiary/aromatic N) is 3. The average molecular weight is 349 g/mol. The molecule has 0 N–H and O–H groups in total. The van der Waals surface area contributed by atoms with Crippen molar-refractivity contribution in [3.8, 4) is 0 Å². The van der Waals surface area contributed by atoms with Gasteiger partial charge in [-0.1, -0.05) is 30.3 Å². The van der Waals surface area contributed by atoms with Crippen molar-refractivity contribution in [2.45, 2.75) is 18.9 Å². The number of hydrogen-bond donors (Lipinski definition) is 0. The molecule has 0 spiro atoms. The van der Waals surface area contributed by atoms with Gasteiger partial charge in [0.2, 0.25) is 5.91 Å². The SMILES string of the molecule is COC(=O)Cn1c(C2CC(=O)N(c3ccccc3)C2)nc2ccccc21. The Morgan fingerprint density at radius 1 is 1.15 bits per heavy atom. The van der Waals surface area contributed by atoms with E-state index >= 15 is 0 Å². The van der Waals surface area contributed by atoms with E-state index in [1.807, 2.05) is 59.2 Å². The Morgan fingerprint density at radius 2 is 1.88 bits per heavy atom. The molecule has 3 aromatic rings. The van der Waals surface area contributed by atoms with Crippen molar-refractivity contribution < 1.29 is 14.3 Å². The summed E-state index contributed by atoms with van der Waals surface area (Å²) in [5, 5.41) is 0. The predicted octanol–water partition coefficient (Wildman–Crippen LogP) is 2.73. The molecule has 2 aromatic carbocycles. The molecular formula is C20H19N3O3. The van der Waals surface area contributed by atoms with Crippen LogP contribution in [0.15, 0.2) is 54.6 Å². The maximum absolute atomic E-state index is 12.6. The lowest BCUT2D eigenvalue weighted by atomic mass is 10.1. The minimum Gasteiger partial charge on any atom is -0.468 e. The average Bonchev–Trinajstić information content (AvgIpc) is 3.23. The minimum atomic E-state index is -0.335. The Balaban J connectivity index is 1.71. The van der Waals surface area contributed by atoms with Crippen molar-refractivity contribution >= 4 is 28.6 Å². The van der Waals surface area contributed by atoms with E-state index in [1.165, 1.54) is 7.11 Å². The van der Waals surface area contributed by atoms with E-state index in [9.17, 15) is 9.59 Å². The molecule has 132 valence electrons. The topological polar surface area (TPSA) is 64.4 Å². The second-order valence-electron chi connectivity index (χ2n) is 6.36. The molecule has 4 rings (SSSR count). The van der Waals surface area contributed by atoms with E-state index in [-0.39, 0.29) is 24.3 Å². The lowest BCUT2D eigenvalue weighted by Crippen LogP contribution is -2.24. The van der Waals surface area contributed by atoms with Gasteiger partial charge in [0.15, 0.2) is 0 Å². The zero-order valence-corrected chi connectivity index (χ0v) is 14.5. The lowest BCUT2D eigenvalue weighted by Gasteiger charge is -2.17. The summed E-state index contributed by atoms with van der Waals surface area (Å²) < 4.78 is 6.71. The molecule has 26 heavy (non-hydrogen) atoms. The van der Waals surface area contributed by atoms with Crippen LogP contribution in [-0.2, 0) is 20.9 Å². The third-order valence-electron chi connectivity index (χ3n) is 4.76. The van der Waals surface area contributed by atoms with Crippen molar-refractivity contribution in [3.63, 3.8) is 0 Å². The van der Waals surface area contributed by atoms with Crippen molar-refractivity contribution in [1.29, 1.82) is 0 Å². The Kier molecular flexibility index (Phi) is 4.16. The summed E-state index contributed by atoms with van der Waals surface area (Å²) in [5.41, 5.74) is 2.58. The Hall–Kier alpha value is -3.15. The standard InChI is InChI=1S/C20H19N3O3/c1-26-19(25)13-23-17-10-6-5-9-16(17)21-20(23)14-11-18(24)22(12-14)15-7-3-2-4-8-15/h2-10,14H,11-13H2,1H3. The van der Waals surface area contributed by atoms with Gasteiger partial charge >= 0.3 is 5.97 Å². The first kappa shape index (κ1) is 16.3. The second kappa shape index (κ2) is 6.63. The zero-order valence-electron chi connectivity index (χ0n) is 14.5. The van der Waals surface area contributed by atoms with Crippen LogP contribution in [0.25, 0.3) is 11.0 Å². The molecule has 0 saturated carbocycles. The maximum atomic E-state index is 12.6.